The van der Waals surface area contributed by atoms with Gasteiger partial charge >= 0.3 is 0 Å². The average molecular weight is 226 g/mol. The molecule has 1 heteroatoms. The van der Waals surface area contributed by atoms with Crippen LogP contribution in [-0.2, 0) is 0 Å². The van der Waals surface area contributed by atoms with E-state index in [-0.39, 0.29) is 0 Å². The third-order valence-electron chi connectivity index (χ3n) is 5.08. The number of rotatable bonds is 3. The molecule has 0 N–H and O–H groups in total. The molecular formula is C14H26S. The molecule has 2 rings (SSSR count). The van der Waals surface area contributed by atoms with Crippen LogP contribution in [0.3, 0.4) is 0 Å². The van der Waals surface area contributed by atoms with Gasteiger partial charge in [0.2, 0.25) is 0 Å². The lowest BCUT2D eigenvalue weighted by atomic mass is 9.47. The smallest absolute Gasteiger partial charge is 0.00622 e. The molecule has 0 nitrogen and oxygen atoms in total. The molecule has 2 fully saturated rings. The second-order valence-corrected chi connectivity index (χ2v) is 7.36. The highest BCUT2D eigenvalue weighted by atomic mass is 32.2. The van der Waals surface area contributed by atoms with Crippen LogP contribution < -0.4 is 0 Å². The van der Waals surface area contributed by atoms with Crippen LogP contribution in [0.1, 0.15) is 59.3 Å². The Morgan fingerprint density at radius 1 is 1.07 bits per heavy atom. The highest BCUT2D eigenvalue weighted by molar-refractivity contribution is 7.99. The SMILES string of the molecule is CCC(CC)C1(C)CC2(CCSCC2)C1. The van der Waals surface area contributed by atoms with E-state index >= 15 is 0 Å². The van der Waals surface area contributed by atoms with E-state index < -0.39 is 0 Å². The van der Waals surface area contributed by atoms with Gasteiger partial charge in [0, 0.05) is 0 Å². The summed E-state index contributed by atoms with van der Waals surface area (Å²) >= 11 is 2.17. The van der Waals surface area contributed by atoms with Gasteiger partial charge in [0.15, 0.2) is 0 Å². The zero-order valence-electron chi connectivity index (χ0n) is 10.6. The molecule has 1 heterocycles. The third kappa shape index (κ3) is 2.09. The van der Waals surface area contributed by atoms with Gasteiger partial charge in [-0.15, -0.1) is 0 Å². The topological polar surface area (TPSA) is 0 Å². The van der Waals surface area contributed by atoms with E-state index in [9.17, 15) is 0 Å². The Labute approximate surface area is 99.6 Å². The predicted molar refractivity (Wildman–Crippen MR) is 70.4 cm³/mol. The van der Waals surface area contributed by atoms with Crippen molar-refractivity contribution in [3.8, 4) is 0 Å². The highest BCUT2D eigenvalue weighted by Gasteiger charge is 2.53. The van der Waals surface area contributed by atoms with E-state index in [1.807, 2.05) is 0 Å². The van der Waals surface area contributed by atoms with Crippen molar-refractivity contribution in [2.75, 3.05) is 11.5 Å². The molecule has 0 aromatic heterocycles. The molecule has 15 heavy (non-hydrogen) atoms. The molecule has 1 saturated carbocycles. The van der Waals surface area contributed by atoms with Crippen LogP contribution >= 0.6 is 11.8 Å². The first-order valence-corrected chi connectivity index (χ1v) is 7.87. The molecule has 0 atom stereocenters. The predicted octanol–water partition coefficient (Wildman–Crippen LogP) is 4.74. The minimum atomic E-state index is 0.700. The van der Waals surface area contributed by atoms with E-state index in [0.29, 0.717) is 5.41 Å². The van der Waals surface area contributed by atoms with Gasteiger partial charge in [-0.05, 0) is 53.9 Å². The molecule has 0 radical (unpaired) electrons. The first kappa shape index (κ1) is 11.8. The Hall–Kier alpha value is 0.350. The maximum absolute atomic E-state index is 2.55. The first-order chi connectivity index (χ1) is 7.14. The summed E-state index contributed by atoms with van der Waals surface area (Å²) < 4.78 is 0. The van der Waals surface area contributed by atoms with Gasteiger partial charge in [-0.1, -0.05) is 33.6 Å². The van der Waals surface area contributed by atoms with Crippen molar-refractivity contribution in [1.29, 1.82) is 0 Å². The first-order valence-electron chi connectivity index (χ1n) is 6.72. The summed E-state index contributed by atoms with van der Waals surface area (Å²) in [7, 11) is 0. The molecule has 1 spiro atoms. The maximum atomic E-state index is 2.55. The Kier molecular flexibility index (Phi) is 3.40. The van der Waals surface area contributed by atoms with Gasteiger partial charge in [0.25, 0.3) is 0 Å². The van der Waals surface area contributed by atoms with E-state index in [2.05, 4.69) is 32.5 Å². The van der Waals surface area contributed by atoms with Crippen molar-refractivity contribution in [3.05, 3.63) is 0 Å². The van der Waals surface area contributed by atoms with E-state index in [1.165, 1.54) is 50.0 Å². The Morgan fingerprint density at radius 2 is 1.60 bits per heavy atom. The summed E-state index contributed by atoms with van der Waals surface area (Å²) in [6.45, 7) is 7.31. The fourth-order valence-corrected chi connectivity index (χ4v) is 5.74. The molecule has 88 valence electrons. The fourth-order valence-electron chi connectivity index (χ4n) is 4.38. The minimum absolute atomic E-state index is 0.700. The second kappa shape index (κ2) is 4.31. The summed E-state index contributed by atoms with van der Waals surface area (Å²) in [6.07, 6.45) is 8.86. The molecule has 0 aromatic carbocycles. The van der Waals surface area contributed by atoms with Gasteiger partial charge < -0.3 is 0 Å². The lowest BCUT2D eigenvalue weighted by molar-refractivity contribution is -0.0777. The Morgan fingerprint density at radius 3 is 2.07 bits per heavy atom. The number of hydrogen-bond acceptors (Lipinski definition) is 1. The molecule has 0 bridgehead atoms. The summed E-state index contributed by atoms with van der Waals surface area (Å²) in [5.41, 5.74) is 1.49. The molecule has 0 aromatic rings. The quantitative estimate of drug-likeness (QED) is 0.670. The molecule has 0 amide bonds. The van der Waals surface area contributed by atoms with Gasteiger partial charge in [0.1, 0.15) is 0 Å². The molecule has 1 aliphatic heterocycles. The summed E-state index contributed by atoms with van der Waals surface area (Å²) in [5.74, 6) is 3.84. The van der Waals surface area contributed by atoms with Gasteiger partial charge in [-0.25, -0.2) is 0 Å². The fraction of sp³-hybridized carbons (Fsp3) is 1.00. The standard InChI is InChI=1S/C14H26S/c1-4-12(5-2)13(3)10-14(11-13)6-8-15-9-7-14/h12H,4-11H2,1-3H3. The van der Waals surface area contributed by atoms with Crippen LogP contribution in [-0.4, -0.2) is 11.5 Å². The van der Waals surface area contributed by atoms with Crippen LogP contribution in [0.5, 0.6) is 0 Å². The molecular weight excluding hydrogens is 200 g/mol. The molecule has 0 unspecified atom stereocenters. The largest absolute Gasteiger partial charge is 0.162 e. The average Bonchev–Trinajstić information content (AvgIpc) is 2.18. The minimum Gasteiger partial charge on any atom is -0.162 e. The van der Waals surface area contributed by atoms with Crippen molar-refractivity contribution < 1.29 is 0 Å². The van der Waals surface area contributed by atoms with E-state index in [4.69, 9.17) is 0 Å². The van der Waals surface area contributed by atoms with Gasteiger partial charge in [-0.3, -0.25) is 0 Å². The molecule has 2 aliphatic rings. The van der Waals surface area contributed by atoms with Crippen molar-refractivity contribution in [3.63, 3.8) is 0 Å². The van der Waals surface area contributed by atoms with Crippen LogP contribution in [0.15, 0.2) is 0 Å². The summed E-state index contributed by atoms with van der Waals surface area (Å²) in [6, 6.07) is 0. The molecule has 1 aliphatic carbocycles. The van der Waals surface area contributed by atoms with Crippen molar-refractivity contribution >= 4 is 11.8 Å². The Balaban J connectivity index is 1.94. The monoisotopic (exact) mass is 226 g/mol. The van der Waals surface area contributed by atoms with E-state index in [0.717, 1.165) is 11.3 Å². The Bertz CT molecular complexity index is 203. The maximum Gasteiger partial charge on any atom is -0.00622 e. The third-order valence-corrected chi connectivity index (χ3v) is 6.07. The zero-order valence-corrected chi connectivity index (χ0v) is 11.5. The summed E-state index contributed by atoms with van der Waals surface area (Å²) in [5, 5.41) is 0. The zero-order chi connectivity index (χ0) is 10.9. The number of thioether (sulfide) groups is 1. The lowest BCUT2D eigenvalue weighted by Gasteiger charge is -2.60. The molecule has 1 saturated heterocycles. The van der Waals surface area contributed by atoms with Crippen LogP contribution in [0.2, 0.25) is 0 Å². The highest BCUT2D eigenvalue weighted by Crippen LogP contribution is 2.64. The van der Waals surface area contributed by atoms with Crippen LogP contribution in [0.25, 0.3) is 0 Å². The normalized spacial score (nSPS) is 28.0. The van der Waals surface area contributed by atoms with E-state index in [1.54, 1.807) is 0 Å². The van der Waals surface area contributed by atoms with Gasteiger partial charge in [-0.2, -0.15) is 11.8 Å². The van der Waals surface area contributed by atoms with Crippen molar-refractivity contribution in [1.82, 2.24) is 0 Å². The second-order valence-electron chi connectivity index (χ2n) is 6.13. The van der Waals surface area contributed by atoms with Crippen LogP contribution in [0.4, 0.5) is 0 Å². The van der Waals surface area contributed by atoms with Gasteiger partial charge in [0.05, 0.1) is 0 Å². The van der Waals surface area contributed by atoms with Crippen molar-refractivity contribution in [2.24, 2.45) is 16.7 Å². The van der Waals surface area contributed by atoms with Crippen LogP contribution in [0, 0.1) is 16.7 Å². The lowest BCUT2D eigenvalue weighted by Crippen LogP contribution is -2.50. The van der Waals surface area contributed by atoms with Crippen molar-refractivity contribution in [2.45, 2.75) is 59.3 Å². The summed E-state index contributed by atoms with van der Waals surface area (Å²) in [4.78, 5) is 0. The number of hydrogen-bond donors (Lipinski definition) is 0.